The molecule has 2 heteroatoms. The maximum atomic E-state index is 2.46. The summed E-state index contributed by atoms with van der Waals surface area (Å²) in [5, 5.41) is 0. The third kappa shape index (κ3) is 4.52. The summed E-state index contributed by atoms with van der Waals surface area (Å²) in [5.74, 6) is 2.03. The van der Waals surface area contributed by atoms with E-state index in [1.807, 2.05) is 27.7 Å². The Hall–Kier alpha value is -0.0800. The van der Waals surface area contributed by atoms with Crippen LogP contribution in [-0.2, 0) is 0 Å². The third-order valence-electron chi connectivity index (χ3n) is 3.19. The molecule has 0 amide bonds. The molecule has 1 unspecified atom stereocenters. The van der Waals surface area contributed by atoms with Crippen LogP contribution in [0.15, 0.2) is 0 Å². The van der Waals surface area contributed by atoms with E-state index in [0.29, 0.717) is 0 Å². The second-order valence-corrected chi connectivity index (χ2v) is 4.29. The van der Waals surface area contributed by atoms with Crippen molar-refractivity contribution in [3.63, 3.8) is 0 Å². The van der Waals surface area contributed by atoms with Crippen LogP contribution in [0.2, 0.25) is 0 Å². The van der Waals surface area contributed by atoms with Crippen molar-refractivity contribution in [3.05, 3.63) is 0 Å². The van der Waals surface area contributed by atoms with Crippen molar-refractivity contribution in [2.24, 2.45) is 11.8 Å². The van der Waals surface area contributed by atoms with Crippen LogP contribution in [0.25, 0.3) is 0 Å². The molecule has 2 saturated heterocycles. The number of hydrogen-bond donors (Lipinski definition) is 0. The monoisotopic (exact) mass is 214 g/mol. The van der Waals surface area contributed by atoms with Crippen LogP contribution in [-0.4, -0.2) is 50.1 Å². The molecule has 0 saturated carbocycles. The molecule has 92 valence electrons. The fourth-order valence-electron chi connectivity index (χ4n) is 2.40. The van der Waals surface area contributed by atoms with Crippen molar-refractivity contribution < 1.29 is 0 Å². The Balaban J connectivity index is 0.000000442. The molecule has 2 rings (SSSR count). The van der Waals surface area contributed by atoms with Gasteiger partial charge in [0.25, 0.3) is 0 Å². The second-order valence-electron chi connectivity index (χ2n) is 4.29. The Morgan fingerprint density at radius 2 is 1.20 bits per heavy atom. The Bertz CT molecular complexity index is 141. The van der Waals surface area contributed by atoms with Crippen LogP contribution in [0.3, 0.4) is 0 Å². The number of rotatable bonds is 1. The standard InChI is InChI=1S/C9H18N2.2C2H6/c1-10-4-3-8(5-10)9-6-11(2)7-9;2*1-2/h8-9H,3-7H2,1-2H3;2*1-2H3. The lowest BCUT2D eigenvalue weighted by molar-refractivity contribution is 0.0864. The Morgan fingerprint density at radius 1 is 0.733 bits per heavy atom. The van der Waals surface area contributed by atoms with Crippen molar-refractivity contribution in [1.29, 1.82) is 0 Å². The zero-order valence-corrected chi connectivity index (χ0v) is 11.6. The minimum absolute atomic E-state index is 1.01. The molecule has 2 aliphatic heterocycles. The van der Waals surface area contributed by atoms with Crippen LogP contribution < -0.4 is 0 Å². The number of likely N-dealkylation sites (tertiary alicyclic amines) is 2. The molecular formula is C13H30N2. The molecule has 0 aliphatic carbocycles. The van der Waals surface area contributed by atoms with Gasteiger partial charge in [0.15, 0.2) is 0 Å². The first-order chi connectivity index (χ1) is 7.25. The van der Waals surface area contributed by atoms with Gasteiger partial charge >= 0.3 is 0 Å². The summed E-state index contributed by atoms with van der Waals surface area (Å²) < 4.78 is 0. The lowest BCUT2D eigenvalue weighted by atomic mass is 9.86. The fraction of sp³-hybridized carbons (Fsp3) is 1.00. The predicted molar refractivity (Wildman–Crippen MR) is 69.3 cm³/mol. The fourth-order valence-corrected chi connectivity index (χ4v) is 2.40. The Labute approximate surface area is 96.6 Å². The van der Waals surface area contributed by atoms with E-state index in [4.69, 9.17) is 0 Å². The maximum Gasteiger partial charge on any atom is 0.00221 e. The molecule has 0 radical (unpaired) electrons. The van der Waals surface area contributed by atoms with E-state index in [0.717, 1.165) is 11.8 Å². The molecule has 0 bridgehead atoms. The van der Waals surface area contributed by atoms with E-state index in [2.05, 4.69) is 23.9 Å². The minimum atomic E-state index is 1.01. The maximum absolute atomic E-state index is 2.46. The largest absolute Gasteiger partial charge is 0.306 e. The first-order valence-corrected chi connectivity index (χ1v) is 6.63. The highest BCUT2D eigenvalue weighted by atomic mass is 15.2. The molecule has 0 aromatic carbocycles. The van der Waals surface area contributed by atoms with E-state index in [1.54, 1.807) is 0 Å². The third-order valence-corrected chi connectivity index (χ3v) is 3.19. The highest BCUT2D eigenvalue weighted by Crippen LogP contribution is 2.29. The van der Waals surface area contributed by atoms with Gasteiger partial charge in [-0.3, -0.25) is 0 Å². The molecule has 0 aromatic heterocycles. The molecule has 0 spiro atoms. The predicted octanol–water partition coefficient (Wildman–Crippen LogP) is 2.55. The Morgan fingerprint density at radius 3 is 1.53 bits per heavy atom. The summed E-state index contributed by atoms with van der Waals surface area (Å²) in [6.07, 6.45) is 1.44. The van der Waals surface area contributed by atoms with E-state index < -0.39 is 0 Å². The normalized spacial score (nSPS) is 27.2. The van der Waals surface area contributed by atoms with Gasteiger partial charge in [-0.2, -0.15) is 0 Å². The summed E-state index contributed by atoms with van der Waals surface area (Å²) in [6, 6.07) is 0. The van der Waals surface area contributed by atoms with Crippen LogP contribution in [0.4, 0.5) is 0 Å². The average Bonchev–Trinajstić information content (AvgIpc) is 2.66. The summed E-state index contributed by atoms with van der Waals surface area (Å²) in [4.78, 5) is 4.88. The van der Waals surface area contributed by atoms with Crippen LogP contribution in [0.1, 0.15) is 34.1 Å². The Kier molecular flexibility index (Phi) is 8.07. The molecule has 15 heavy (non-hydrogen) atoms. The van der Waals surface area contributed by atoms with Crippen molar-refractivity contribution in [1.82, 2.24) is 9.80 Å². The first-order valence-electron chi connectivity index (χ1n) is 6.63. The first kappa shape index (κ1) is 14.9. The van der Waals surface area contributed by atoms with Crippen molar-refractivity contribution in [2.75, 3.05) is 40.3 Å². The summed E-state index contributed by atoms with van der Waals surface area (Å²) >= 11 is 0. The van der Waals surface area contributed by atoms with Gasteiger partial charge in [-0.25, -0.2) is 0 Å². The van der Waals surface area contributed by atoms with E-state index >= 15 is 0 Å². The van der Waals surface area contributed by atoms with Crippen molar-refractivity contribution in [2.45, 2.75) is 34.1 Å². The molecule has 2 fully saturated rings. The van der Waals surface area contributed by atoms with Crippen molar-refractivity contribution >= 4 is 0 Å². The zero-order chi connectivity index (χ0) is 11.8. The van der Waals surface area contributed by atoms with Gasteiger partial charge in [0.05, 0.1) is 0 Å². The molecule has 0 aromatic rings. The highest BCUT2D eigenvalue weighted by Gasteiger charge is 2.34. The van der Waals surface area contributed by atoms with Crippen LogP contribution in [0.5, 0.6) is 0 Å². The van der Waals surface area contributed by atoms with Gasteiger partial charge in [0.1, 0.15) is 0 Å². The van der Waals surface area contributed by atoms with Gasteiger partial charge in [-0.1, -0.05) is 27.7 Å². The van der Waals surface area contributed by atoms with E-state index in [1.165, 1.54) is 32.6 Å². The molecule has 0 N–H and O–H groups in total. The number of nitrogens with zero attached hydrogens (tertiary/aromatic N) is 2. The molecule has 2 heterocycles. The summed E-state index contributed by atoms with van der Waals surface area (Å²) in [6.45, 7) is 13.4. The summed E-state index contributed by atoms with van der Waals surface area (Å²) in [5.41, 5.74) is 0. The van der Waals surface area contributed by atoms with Crippen LogP contribution in [0, 0.1) is 11.8 Å². The van der Waals surface area contributed by atoms with Gasteiger partial charge in [0, 0.05) is 19.6 Å². The minimum Gasteiger partial charge on any atom is -0.306 e. The quantitative estimate of drug-likeness (QED) is 0.662. The topological polar surface area (TPSA) is 6.48 Å². The van der Waals surface area contributed by atoms with Gasteiger partial charge < -0.3 is 9.80 Å². The highest BCUT2D eigenvalue weighted by molar-refractivity contribution is 4.87. The second kappa shape index (κ2) is 8.12. The van der Waals surface area contributed by atoms with E-state index in [-0.39, 0.29) is 0 Å². The average molecular weight is 214 g/mol. The van der Waals surface area contributed by atoms with E-state index in [9.17, 15) is 0 Å². The van der Waals surface area contributed by atoms with Gasteiger partial charge in [0.2, 0.25) is 0 Å². The van der Waals surface area contributed by atoms with Crippen molar-refractivity contribution in [3.8, 4) is 0 Å². The summed E-state index contributed by atoms with van der Waals surface area (Å²) in [7, 11) is 4.46. The molecule has 2 aliphatic rings. The van der Waals surface area contributed by atoms with Crippen LogP contribution >= 0.6 is 0 Å². The molecule has 2 nitrogen and oxygen atoms in total. The zero-order valence-electron chi connectivity index (χ0n) is 11.6. The molecular weight excluding hydrogens is 184 g/mol. The SMILES string of the molecule is CC.CC.CN1CCC(C2CN(C)C2)C1. The number of hydrogen-bond acceptors (Lipinski definition) is 2. The lowest BCUT2D eigenvalue weighted by Crippen LogP contribution is -2.47. The lowest BCUT2D eigenvalue weighted by Gasteiger charge is -2.40. The molecule has 1 atom stereocenters. The smallest absolute Gasteiger partial charge is 0.00221 e. The van der Waals surface area contributed by atoms with Gasteiger partial charge in [-0.05, 0) is 38.9 Å². The van der Waals surface area contributed by atoms with Gasteiger partial charge in [-0.15, -0.1) is 0 Å².